The van der Waals surface area contributed by atoms with Gasteiger partial charge in [0, 0.05) is 31.1 Å². The molecule has 196 valence electrons. The van der Waals surface area contributed by atoms with E-state index >= 15 is 0 Å². The van der Waals surface area contributed by atoms with E-state index in [2.05, 4.69) is 32.1 Å². The van der Waals surface area contributed by atoms with Gasteiger partial charge in [0.2, 0.25) is 0 Å². The van der Waals surface area contributed by atoms with Crippen LogP contribution in [0.3, 0.4) is 0 Å². The highest BCUT2D eigenvalue weighted by Crippen LogP contribution is 2.35. The maximum absolute atomic E-state index is 14.7. The van der Waals surface area contributed by atoms with Crippen molar-refractivity contribution in [3.63, 3.8) is 0 Å². The Bertz CT molecular complexity index is 1300. The van der Waals surface area contributed by atoms with Crippen molar-refractivity contribution >= 4 is 34.0 Å². The second-order valence-corrected chi connectivity index (χ2v) is 8.17. The number of hydrogen-bond donors (Lipinski definition) is 2. The van der Waals surface area contributed by atoms with Gasteiger partial charge in [0.25, 0.3) is 5.91 Å². The molecule has 0 radical (unpaired) electrons. The van der Waals surface area contributed by atoms with Crippen LogP contribution in [0, 0.1) is 11.6 Å². The number of nitrogens with zero attached hydrogens (tertiary/aromatic N) is 3. The van der Waals surface area contributed by atoms with Crippen molar-refractivity contribution in [2.45, 2.75) is 6.42 Å². The molecule has 0 saturated carbocycles. The third-order valence-electron chi connectivity index (χ3n) is 5.72. The molecule has 0 atom stereocenters. The van der Waals surface area contributed by atoms with E-state index in [1.165, 1.54) is 18.5 Å². The third-order valence-corrected chi connectivity index (χ3v) is 5.72. The van der Waals surface area contributed by atoms with Crippen molar-refractivity contribution in [2.24, 2.45) is 0 Å². The van der Waals surface area contributed by atoms with E-state index in [0.717, 1.165) is 32.8 Å². The van der Waals surface area contributed by atoms with Crippen LogP contribution in [-0.2, 0) is 9.53 Å². The molecule has 1 fully saturated rings. The number of nitrogens with one attached hydrogen (secondary N) is 2. The van der Waals surface area contributed by atoms with Gasteiger partial charge in [-0.05, 0) is 24.6 Å². The largest absolute Gasteiger partial charge is 0.491 e. The molecule has 0 bridgehead atoms. The monoisotopic (exact) mass is 517 g/mol. The number of amides is 1. The van der Waals surface area contributed by atoms with Gasteiger partial charge in [-0.2, -0.15) is 0 Å². The lowest BCUT2D eigenvalue weighted by Gasteiger charge is -2.26. The number of aromatic nitrogens is 2. The third kappa shape index (κ3) is 6.27. The van der Waals surface area contributed by atoms with Crippen LogP contribution in [0.4, 0.5) is 30.4 Å². The van der Waals surface area contributed by atoms with E-state index in [1.54, 1.807) is 6.07 Å². The maximum Gasteiger partial charge on any atom is 0.283 e. The van der Waals surface area contributed by atoms with Gasteiger partial charge in [0.15, 0.2) is 23.2 Å². The first kappa shape index (κ1) is 26.2. The second-order valence-electron chi connectivity index (χ2n) is 8.17. The molecule has 2 heterocycles. The molecule has 1 saturated heterocycles. The Labute approximate surface area is 211 Å². The first-order chi connectivity index (χ1) is 17.9. The number of anilines is 3. The van der Waals surface area contributed by atoms with Gasteiger partial charge in [-0.1, -0.05) is 6.58 Å². The number of carbonyl (C=O) groups is 1. The maximum atomic E-state index is 14.7. The van der Waals surface area contributed by atoms with Crippen LogP contribution in [0.15, 0.2) is 43.0 Å². The molecule has 37 heavy (non-hydrogen) atoms. The van der Waals surface area contributed by atoms with E-state index in [4.69, 9.17) is 14.2 Å². The number of morpholine rings is 1. The van der Waals surface area contributed by atoms with Crippen LogP contribution in [0.1, 0.15) is 6.42 Å². The first-order valence-corrected chi connectivity index (χ1v) is 11.5. The second kappa shape index (κ2) is 11.9. The summed E-state index contributed by atoms with van der Waals surface area (Å²) in [4.78, 5) is 22.7. The summed E-state index contributed by atoms with van der Waals surface area (Å²) in [7, 11) is 1.15. The highest BCUT2D eigenvalue weighted by molar-refractivity contribution is 6.05. The fourth-order valence-corrected chi connectivity index (χ4v) is 3.83. The Balaban J connectivity index is 1.61. The number of hydrogen-bond acceptors (Lipinski definition) is 8. The normalized spacial score (nSPS) is 13.8. The van der Waals surface area contributed by atoms with Crippen LogP contribution in [0.25, 0.3) is 10.9 Å². The van der Waals surface area contributed by atoms with E-state index in [1.807, 2.05) is 0 Å². The molecule has 1 amide bonds. The number of carbonyl (C=O) groups excluding carboxylic acids is 1. The van der Waals surface area contributed by atoms with Gasteiger partial charge >= 0.3 is 0 Å². The summed E-state index contributed by atoms with van der Waals surface area (Å²) < 4.78 is 58.1. The molecule has 3 aromatic rings. The number of rotatable bonds is 10. The van der Waals surface area contributed by atoms with Crippen molar-refractivity contribution in [3.8, 4) is 11.5 Å². The molecule has 0 spiro atoms. The topological polar surface area (TPSA) is 97.8 Å². The van der Waals surface area contributed by atoms with Gasteiger partial charge < -0.3 is 24.8 Å². The smallest absolute Gasteiger partial charge is 0.283 e. The summed E-state index contributed by atoms with van der Waals surface area (Å²) >= 11 is 0. The molecule has 0 aliphatic carbocycles. The minimum atomic E-state index is -1.18. The minimum absolute atomic E-state index is 0.0931. The zero-order valence-corrected chi connectivity index (χ0v) is 20.2. The van der Waals surface area contributed by atoms with Crippen molar-refractivity contribution < 1.29 is 32.2 Å². The molecule has 2 N–H and O–H groups in total. The van der Waals surface area contributed by atoms with Crippen molar-refractivity contribution in [3.05, 3.63) is 54.6 Å². The predicted octanol–water partition coefficient (Wildman–Crippen LogP) is 4.18. The van der Waals surface area contributed by atoms with Crippen LogP contribution in [-0.4, -0.2) is 67.3 Å². The Morgan fingerprint density at radius 1 is 1.19 bits per heavy atom. The van der Waals surface area contributed by atoms with Crippen LogP contribution in [0.5, 0.6) is 11.5 Å². The number of halogens is 3. The van der Waals surface area contributed by atoms with E-state index < -0.39 is 29.1 Å². The molecule has 9 nitrogen and oxygen atoms in total. The summed E-state index contributed by atoms with van der Waals surface area (Å²) in [5, 5.41) is 5.59. The summed E-state index contributed by atoms with van der Waals surface area (Å²) in [6.07, 6.45) is 1.97. The molecular formula is C25H26F3N5O4. The highest BCUT2D eigenvalue weighted by atomic mass is 19.1. The number of ether oxygens (including phenoxy) is 3. The number of benzene rings is 2. The summed E-state index contributed by atoms with van der Waals surface area (Å²) in [5.41, 5.74) is 0.467. The first-order valence-electron chi connectivity index (χ1n) is 11.5. The van der Waals surface area contributed by atoms with E-state index in [9.17, 15) is 18.0 Å². The number of fused-ring (bicyclic) bond motifs is 1. The van der Waals surface area contributed by atoms with Crippen molar-refractivity contribution in [1.29, 1.82) is 0 Å². The average molecular weight is 518 g/mol. The lowest BCUT2D eigenvalue weighted by atomic mass is 10.1. The lowest BCUT2D eigenvalue weighted by molar-refractivity contribution is -0.114. The quantitative estimate of drug-likeness (QED) is 0.305. The van der Waals surface area contributed by atoms with E-state index in [0.29, 0.717) is 37.1 Å². The van der Waals surface area contributed by atoms with Gasteiger partial charge in [-0.25, -0.2) is 23.1 Å². The molecule has 4 rings (SSSR count). The Morgan fingerprint density at radius 3 is 2.70 bits per heavy atom. The minimum Gasteiger partial charge on any atom is -0.491 e. The zero-order chi connectivity index (χ0) is 26.4. The fraction of sp³-hybridized carbons (Fsp3) is 0.320. The molecule has 1 aliphatic rings. The molecule has 2 aromatic carbocycles. The van der Waals surface area contributed by atoms with Crippen LogP contribution in [0.2, 0.25) is 0 Å². The average Bonchev–Trinajstić information content (AvgIpc) is 2.89. The van der Waals surface area contributed by atoms with E-state index in [-0.39, 0.29) is 22.9 Å². The summed E-state index contributed by atoms with van der Waals surface area (Å²) in [6.45, 7) is 7.25. The molecule has 12 heteroatoms. The Kier molecular flexibility index (Phi) is 8.41. The molecule has 0 unspecified atom stereocenters. The Hall–Kier alpha value is -3.90. The predicted molar refractivity (Wildman–Crippen MR) is 132 cm³/mol. The summed E-state index contributed by atoms with van der Waals surface area (Å²) in [5.74, 6) is -4.15. The van der Waals surface area contributed by atoms with Gasteiger partial charge in [0.1, 0.15) is 17.9 Å². The SMILES string of the molecule is C=C(F)C(=O)Nc1cc2c(Nc3ccc(F)c(OC)c3F)ncnc2cc1OCCCN1CCOCC1. The van der Waals surface area contributed by atoms with Crippen molar-refractivity contribution in [2.75, 3.05) is 57.2 Å². The lowest BCUT2D eigenvalue weighted by Crippen LogP contribution is -2.37. The zero-order valence-electron chi connectivity index (χ0n) is 20.2. The molecular weight excluding hydrogens is 491 g/mol. The summed E-state index contributed by atoms with van der Waals surface area (Å²) in [6, 6.07) is 5.29. The van der Waals surface area contributed by atoms with Crippen LogP contribution < -0.4 is 20.1 Å². The number of methoxy groups -OCH3 is 1. The van der Waals surface area contributed by atoms with Gasteiger partial charge in [-0.15, -0.1) is 0 Å². The highest BCUT2D eigenvalue weighted by Gasteiger charge is 2.18. The van der Waals surface area contributed by atoms with Gasteiger partial charge in [0.05, 0.1) is 43.8 Å². The van der Waals surface area contributed by atoms with Crippen LogP contribution >= 0.6 is 0 Å². The standard InChI is InChI=1S/C25H26F3N5O4/c1-15(26)25(34)32-20-12-16-19(13-21(20)37-9-3-6-33-7-10-36-11-8-33)29-14-30-24(16)31-18-5-4-17(27)23(35-2)22(18)28/h4-5,12-14H,1,3,6-11H2,2H3,(H,32,34)(H,29,30,31). The van der Waals surface area contributed by atoms with Gasteiger partial charge in [-0.3, -0.25) is 9.69 Å². The fourth-order valence-electron chi connectivity index (χ4n) is 3.83. The molecule has 1 aromatic heterocycles. The Morgan fingerprint density at radius 2 is 1.97 bits per heavy atom. The van der Waals surface area contributed by atoms with Crippen molar-refractivity contribution in [1.82, 2.24) is 14.9 Å². The molecule has 1 aliphatic heterocycles.